The lowest BCUT2D eigenvalue weighted by Gasteiger charge is -2.02. The van der Waals surface area contributed by atoms with Crippen LogP contribution in [0.4, 0.5) is 0 Å². The summed E-state index contributed by atoms with van der Waals surface area (Å²) in [6.07, 6.45) is 0. The van der Waals surface area contributed by atoms with Crippen molar-refractivity contribution in [2.75, 3.05) is 0 Å². The van der Waals surface area contributed by atoms with Gasteiger partial charge in [0.15, 0.2) is 0 Å². The largest absolute Gasteiger partial charge is 0.508 e. The molecule has 0 aliphatic carbocycles. The minimum atomic E-state index is 0.394. The molecule has 0 radical (unpaired) electrons. The van der Waals surface area contributed by atoms with Crippen molar-refractivity contribution in [3.8, 4) is 5.75 Å². The number of rotatable bonds is 0. The molecule has 0 aliphatic heterocycles. The van der Waals surface area contributed by atoms with E-state index in [0.29, 0.717) is 5.75 Å². The third-order valence-electron chi connectivity index (χ3n) is 1.90. The molecule has 0 atom stereocenters. The van der Waals surface area contributed by atoms with Gasteiger partial charge in [0, 0.05) is 13.8 Å². The first-order valence-corrected chi connectivity index (χ1v) is 5.51. The Morgan fingerprint density at radius 2 is 2.25 bits per heavy atom. The Hall–Kier alpha value is -0.290. The summed E-state index contributed by atoms with van der Waals surface area (Å²) in [4.78, 5) is 0. The van der Waals surface area contributed by atoms with Crippen LogP contribution in [-0.4, -0.2) is 5.11 Å². The monoisotopic (exact) mass is 290 g/mol. The van der Waals surface area contributed by atoms with E-state index in [1.165, 1.54) is 4.70 Å². The summed E-state index contributed by atoms with van der Waals surface area (Å²) in [7, 11) is 0. The summed E-state index contributed by atoms with van der Waals surface area (Å²) >= 11 is 3.99. The molecule has 2 rings (SSSR count). The highest BCUT2D eigenvalue weighted by molar-refractivity contribution is 14.1. The molecular weight excluding hydrogens is 283 g/mol. The fraction of sp³-hybridized carbons (Fsp3) is 0.111. The molecule has 3 heteroatoms. The Kier molecular flexibility index (Phi) is 2.00. The maximum Gasteiger partial charge on any atom is 0.120 e. The molecule has 0 bridgehead atoms. The molecule has 62 valence electrons. The second kappa shape index (κ2) is 2.88. The summed E-state index contributed by atoms with van der Waals surface area (Å²) in [6.45, 7) is 1.94. The number of halogens is 1. The Balaban J connectivity index is 2.94. The van der Waals surface area contributed by atoms with E-state index in [2.05, 4.69) is 22.6 Å². The highest BCUT2D eigenvalue weighted by Crippen LogP contribution is 2.33. The molecule has 0 saturated heterocycles. The average molecular weight is 290 g/mol. The molecule has 2 aromatic rings. The number of fused-ring (bicyclic) bond motifs is 1. The zero-order valence-corrected chi connectivity index (χ0v) is 9.44. The van der Waals surface area contributed by atoms with Gasteiger partial charge in [-0.3, -0.25) is 0 Å². The van der Waals surface area contributed by atoms with E-state index in [1.807, 2.05) is 24.4 Å². The second-order valence-corrected chi connectivity index (χ2v) is 4.67. The molecule has 0 amide bonds. The van der Waals surface area contributed by atoms with Crippen molar-refractivity contribution in [3.63, 3.8) is 0 Å². The molecule has 0 saturated carbocycles. The van der Waals surface area contributed by atoms with E-state index in [4.69, 9.17) is 0 Å². The summed E-state index contributed by atoms with van der Waals surface area (Å²) < 4.78 is 2.43. The van der Waals surface area contributed by atoms with Gasteiger partial charge in [-0.05, 0) is 52.4 Å². The van der Waals surface area contributed by atoms with Crippen LogP contribution in [0.3, 0.4) is 0 Å². The van der Waals surface area contributed by atoms with Crippen LogP contribution in [0.1, 0.15) is 5.56 Å². The Morgan fingerprint density at radius 1 is 1.50 bits per heavy atom. The third kappa shape index (κ3) is 1.11. The van der Waals surface area contributed by atoms with Gasteiger partial charge in [-0.2, -0.15) is 0 Å². The molecule has 0 unspecified atom stereocenters. The number of aromatic hydroxyl groups is 1. The molecule has 12 heavy (non-hydrogen) atoms. The Morgan fingerprint density at radius 3 is 3.00 bits per heavy atom. The van der Waals surface area contributed by atoms with Crippen molar-refractivity contribution in [1.29, 1.82) is 0 Å². The van der Waals surface area contributed by atoms with Gasteiger partial charge in [0.05, 0.1) is 0 Å². The molecule has 1 nitrogen and oxygen atoms in total. The minimum absolute atomic E-state index is 0.394. The summed E-state index contributed by atoms with van der Waals surface area (Å²) in [5.74, 6) is 0.394. The zero-order chi connectivity index (χ0) is 8.72. The smallest absolute Gasteiger partial charge is 0.120 e. The minimum Gasteiger partial charge on any atom is -0.508 e. The van der Waals surface area contributed by atoms with Crippen molar-refractivity contribution in [1.82, 2.24) is 0 Å². The maximum atomic E-state index is 9.52. The van der Waals surface area contributed by atoms with E-state index in [9.17, 15) is 5.11 Å². The molecule has 0 fully saturated rings. The van der Waals surface area contributed by atoms with Crippen LogP contribution >= 0.6 is 33.9 Å². The molecule has 1 aromatic heterocycles. The lowest BCUT2D eigenvalue weighted by Crippen LogP contribution is -1.80. The van der Waals surface area contributed by atoms with Gasteiger partial charge in [0.2, 0.25) is 0 Å². The first-order chi connectivity index (χ1) is 5.70. The van der Waals surface area contributed by atoms with Gasteiger partial charge in [-0.25, -0.2) is 0 Å². The SMILES string of the molecule is Cc1c(O)cc2ccsc2c1I. The van der Waals surface area contributed by atoms with Gasteiger partial charge in [0.1, 0.15) is 5.75 Å². The predicted molar refractivity (Wildman–Crippen MR) is 60.9 cm³/mol. The van der Waals surface area contributed by atoms with Crippen molar-refractivity contribution < 1.29 is 5.11 Å². The van der Waals surface area contributed by atoms with E-state index in [0.717, 1.165) is 14.5 Å². The normalized spacial score (nSPS) is 10.8. The van der Waals surface area contributed by atoms with Crippen molar-refractivity contribution >= 4 is 44.0 Å². The Bertz CT molecular complexity index is 433. The van der Waals surface area contributed by atoms with Crippen molar-refractivity contribution in [2.45, 2.75) is 6.92 Å². The lowest BCUT2D eigenvalue weighted by molar-refractivity contribution is 0.471. The van der Waals surface area contributed by atoms with Crippen LogP contribution in [0, 0.1) is 10.5 Å². The zero-order valence-electron chi connectivity index (χ0n) is 6.47. The summed E-state index contributed by atoms with van der Waals surface area (Å²) in [5, 5.41) is 12.7. The first-order valence-electron chi connectivity index (χ1n) is 3.55. The van der Waals surface area contributed by atoms with Gasteiger partial charge >= 0.3 is 0 Å². The van der Waals surface area contributed by atoms with E-state index >= 15 is 0 Å². The lowest BCUT2D eigenvalue weighted by atomic mass is 10.2. The molecule has 0 spiro atoms. The number of phenolic OH excluding ortho intramolecular Hbond substituents is 1. The van der Waals surface area contributed by atoms with Gasteiger partial charge in [0.25, 0.3) is 0 Å². The fourth-order valence-electron chi connectivity index (χ4n) is 1.15. The van der Waals surface area contributed by atoms with Crippen LogP contribution in [0.5, 0.6) is 5.75 Å². The van der Waals surface area contributed by atoms with Crippen LogP contribution < -0.4 is 0 Å². The number of hydrogen-bond acceptors (Lipinski definition) is 2. The van der Waals surface area contributed by atoms with Crippen LogP contribution in [0.25, 0.3) is 10.1 Å². The predicted octanol–water partition coefficient (Wildman–Crippen LogP) is 3.52. The highest BCUT2D eigenvalue weighted by atomic mass is 127. The summed E-state index contributed by atoms with van der Waals surface area (Å²) in [6, 6.07) is 3.85. The van der Waals surface area contributed by atoms with Crippen LogP contribution in [-0.2, 0) is 0 Å². The van der Waals surface area contributed by atoms with Crippen molar-refractivity contribution in [2.24, 2.45) is 0 Å². The standard InChI is InChI=1S/C9H7IOS/c1-5-7(11)4-6-2-3-12-9(6)8(5)10/h2-4,11H,1H3. The molecule has 1 aromatic carbocycles. The van der Waals surface area contributed by atoms with Gasteiger partial charge in [-0.15, -0.1) is 11.3 Å². The topological polar surface area (TPSA) is 20.2 Å². The second-order valence-electron chi connectivity index (χ2n) is 2.67. The van der Waals surface area contributed by atoms with Gasteiger partial charge in [-0.1, -0.05) is 0 Å². The number of benzene rings is 1. The van der Waals surface area contributed by atoms with Crippen LogP contribution in [0.2, 0.25) is 0 Å². The molecule has 1 heterocycles. The van der Waals surface area contributed by atoms with E-state index in [-0.39, 0.29) is 0 Å². The number of hydrogen-bond donors (Lipinski definition) is 1. The molecule has 1 N–H and O–H groups in total. The quantitative estimate of drug-likeness (QED) is 0.736. The van der Waals surface area contributed by atoms with Crippen LogP contribution in [0.15, 0.2) is 17.5 Å². The fourth-order valence-corrected chi connectivity index (χ4v) is 2.99. The number of thiophene rings is 1. The van der Waals surface area contributed by atoms with E-state index in [1.54, 1.807) is 11.3 Å². The van der Waals surface area contributed by atoms with E-state index < -0.39 is 0 Å². The molecule has 0 aliphatic rings. The number of phenols is 1. The third-order valence-corrected chi connectivity index (χ3v) is 4.56. The Labute approximate surface area is 88.2 Å². The maximum absolute atomic E-state index is 9.52. The summed E-state index contributed by atoms with van der Waals surface area (Å²) in [5.41, 5.74) is 0.977. The molecular formula is C9H7IOS. The first kappa shape index (κ1) is 8.31. The van der Waals surface area contributed by atoms with Gasteiger partial charge < -0.3 is 5.11 Å². The average Bonchev–Trinajstić information content (AvgIpc) is 2.48. The van der Waals surface area contributed by atoms with Crippen molar-refractivity contribution in [3.05, 3.63) is 26.6 Å². The highest BCUT2D eigenvalue weighted by Gasteiger charge is 2.07.